The monoisotopic (exact) mass is 382 g/mol. The Morgan fingerprint density at radius 1 is 1.11 bits per heavy atom. The Hall–Kier alpha value is -3.02. The number of fused-ring (bicyclic) bond motifs is 1. The first-order valence-corrected chi connectivity index (χ1v) is 9.36. The van der Waals surface area contributed by atoms with E-state index in [9.17, 15) is 9.59 Å². The van der Waals surface area contributed by atoms with Gasteiger partial charge in [0.1, 0.15) is 6.04 Å². The molecule has 0 saturated heterocycles. The Morgan fingerprint density at radius 3 is 2.46 bits per heavy atom. The normalized spacial score (nSPS) is 14.0. The minimum absolute atomic E-state index is 0.0938. The van der Waals surface area contributed by atoms with E-state index < -0.39 is 6.04 Å². The molecule has 0 spiro atoms. The van der Waals surface area contributed by atoms with Crippen molar-refractivity contribution in [2.45, 2.75) is 32.9 Å². The van der Waals surface area contributed by atoms with Crippen molar-refractivity contribution in [3.8, 4) is 11.5 Å². The van der Waals surface area contributed by atoms with Crippen molar-refractivity contribution in [1.82, 2.24) is 4.90 Å². The lowest BCUT2D eigenvalue weighted by molar-refractivity contribution is -0.121. The van der Waals surface area contributed by atoms with Crippen LogP contribution in [-0.4, -0.2) is 37.0 Å². The topological polar surface area (TPSA) is 67.9 Å². The number of carbonyl (C=O) groups excluding carboxylic acids is 2. The van der Waals surface area contributed by atoms with Gasteiger partial charge in [0.25, 0.3) is 5.91 Å². The van der Waals surface area contributed by atoms with Crippen molar-refractivity contribution in [3.63, 3.8) is 0 Å². The van der Waals surface area contributed by atoms with Gasteiger partial charge < -0.3 is 19.7 Å². The Bertz CT molecular complexity index is 879. The molecule has 28 heavy (non-hydrogen) atoms. The SMILES string of the molecule is COc1ccc(NC(=O)[C@@H](CC(C)C)N2Cc3ccccc3C2=O)cc1OC. The van der Waals surface area contributed by atoms with Crippen molar-refractivity contribution in [2.24, 2.45) is 5.92 Å². The van der Waals surface area contributed by atoms with Crippen LogP contribution in [0.15, 0.2) is 42.5 Å². The fraction of sp³-hybridized carbons (Fsp3) is 0.364. The van der Waals surface area contributed by atoms with Crippen LogP contribution in [0.2, 0.25) is 0 Å². The molecule has 1 atom stereocenters. The third kappa shape index (κ3) is 3.96. The number of hydrogen-bond donors (Lipinski definition) is 1. The number of carbonyl (C=O) groups is 2. The summed E-state index contributed by atoms with van der Waals surface area (Å²) in [5.74, 6) is 1.08. The maximum absolute atomic E-state index is 13.1. The Balaban J connectivity index is 1.83. The molecule has 2 amide bonds. The second-order valence-electron chi connectivity index (χ2n) is 7.29. The summed E-state index contributed by atoms with van der Waals surface area (Å²) in [5.41, 5.74) is 2.23. The highest BCUT2D eigenvalue weighted by Gasteiger charge is 2.36. The molecule has 0 saturated carbocycles. The molecule has 1 N–H and O–H groups in total. The number of anilines is 1. The van der Waals surface area contributed by atoms with Gasteiger partial charge in [-0.1, -0.05) is 32.0 Å². The molecule has 1 aliphatic heterocycles. The highest BCUT2D eigenvalue weighted by atomic mass is 16.5. The lowest BCUT2D eigenvalue weighted by Crippen LogP contribution is -2.45. The summed E-state index contributed by atoms with van der Waals surface area (Å²) in [4.78, 5) is 27.6. The zero-order chi connectivity index (χ0) is 20.3. The molecule has 1 aliphatic rings. The number of amides is 2. The molecule has 1 heterocycles. The van der Waals surface area contributed by atoms with Crippen LogP contribution in [0, 0.1) is 5.92 Å². The number of hydrogen-bond acceptors (Lipinski definition) is 4. The molecule has 3 rings (SSSR count). The Morgan fingerprint density at radius 2 is 1.82 bits per heavy atom. The van der Waals surface area contributed by atoms with E-state index >= 15 is 0 Å². The van der Waals surface area contributed by atoms with E-state index in [-0.39, 0.29) is 17.7 Å². The smallest absolute Gasteiger partial charge is 0.255 e. The number of rotatable bonds is 7. The third-order valence-corrected chi connectivity index (χ3v) is 4.87. The predicted octanol–water partition coefficient (Wildman–Crippen LogP) is 3.71. The van der Waals surface area contributed by atoms with E-state index in [1.54, 1.807) is 37.3 Å². The maximum atomic E-state index is 13.1. The zero-order valence-electron chi connectivity index (χ0n) is 16.7. The molecule has 148 valence electrons. The summed E-state index contributed by atoms with van der Waals surface area (Å²) >= 11 is 0. The minimum Gasteiger partial charge on any atom is -0.493 e. The van der Waals surface area contributed by atoms with Crippen LogP contribution in [-0.2, 0) is 11.3 Å². The second kappa shape index (κ2) is 8.33. The van der Waals surface area contributed by atoms with E-state index in [1.807, 2.05) is 38.1 Å². The zero-order valence-corrected chi connectivity index (χ0v) is 16.7. The van der Waals surface area contributed by atoms with Crippen molar-refractivity contribution in [3.05, 3.63) is 53.6 Å². The van der Waals surface area contributed by atoms with Gasteiger partial charge in [0.2, 0.25) is 5.91 Å². The van der Waals surface area contributed by atoms with Gasteiger partial charge in [0, 0.05) is 23.9 Å². The molecule has 0 radical (unpaired) electrons. The van der Waals surface area contributed by atoms with Crippen LogP contribution >= 0.6 is 0 Å². The molecule has 6 heteroatoms. The van der Waals surface area contributed by atoms with Crippen molar-refractivity contribution >= 4 is 17.5 Å². The Labute approximate surface area is 165 Å². The summed E-state index contributed by atoms with van der Waals surface area (Å²) in [6.07, 6.45) is 0.582. The quantitative estimate of drug-likeness (QED) is 0.793. The molecule has 2 aromatic rings. The molecule has 6 nitrogen and oxygen atoms in total. The molecule has 0 aromatic heterocycles. The van der Waals surface area contributed by atoms with Crippen LogP contribution in [0.4, 0.5) is 5.69 Å². The van der Waals surface area contributed by atoms with Gasteiger partial charge in [-0.2, -0.15) is 0 Å². The van der Waals surface area contributed by atoms with Gasteiger partial charge in [0.05, 0.1) is 14.2 Å². The first kappa shape index (κ1) is 19.7. The van der Waals surface area contributed by atoms with Gasteiger partial charge in [-0.15, -0.1) is 0 Å². The van der Waals surface area contributed by atoms with Crippen molar-refractivity contribution < 1.29 is 19.1 Å². The summed E-state index contributed by atoms with van der Waals surface area (Å²) in [6, 6.07) is 12.2. The van der Waals surface area contributed by atoms with Gasteiger partial charge in [-0.25, -0.2) is 0 Å². The fourth-order valence-electron chi connectivity index (χ4n) is 3.49. The van der Waals surface area contributed by atoms with Crippen LogP contribution < -0.4 is 14.8 Å². The van der Waals surface area contributed by atoms with Gasteiger partial charge >= 0.3 is 0 Å². The van der Waals surface area contributed by atoms with Crippen molar-refractivity contribution in [2.75, 3.05) is 19.5 Å². The highest BCUT2D eigenvalue weighted by Crippen LogP contribution is 2.31. The summed E-state index contributed by atoms with van der Waals surface area (Å²) in [5, 5.41) is 2.93. The molecular weight excluding hydrogens is 356 g/mol. The molecular formula is C22H26N2O4. The number of methoxy groups -OCH3 is 2. The maximum Gasteiger partial charge on any atom is 0.255 e. The molecule has 2 aromatic carbocycles. The average molecular weight is 382 g/mol. The van der Waals surface area contributed by atoms with E-state index in [4.69, 9.17) is 9.47 Å². The van der Waals surface area contributed by atoms with Crippen LogP contribution in [0.5, 0.6) is 11.5 Å². The predicted molar refractivity (Wildman–Crippen MR) is 108 cm³/mol. The minimum atomic E-state index is -0.548. The van der Waals surface area contributed by atoms with Crippen LogP contribution in [0.3, 0.4) is 0 Å². The van der Waals surface area contributed by atoms with Gasteiger partial charge in [-0.05, 0) is 36.1 Å². The van der Waals surface area contributed by atoms with Crippen LogP contribution in [0.1, 0.15) is 36.2 Å². The summed E-state index contributed by atoms with van der Waals surface area (Å²) < 4.78 is 10.5. The number of benzene rings is 2. The number of nitrogens with one attached hydrogen (secondary N) is 1. The lowest BCUT2D eigenvalue weighted by atomic mass is 10.0. The van der Waals surface area contributed by atoms with Gasteiger partial charge in [0.15, 0.2) is 11.5 Å². The Kier molecular flexibility index (Phi) is 5.87. The number of ether oxygens (including phenoxy) is 2. The fourth-order valence-corrected chi connectivity index (χ4v) is 3.49. The first-order chi connectivity index (χ1) is 13.4. The lowest BCUT2D eigenvalue weighted by Gasteiger charge is -2.28. The first-order valence-electron chi connectivity index (χ1n) is 9.36. The molecule has 0 unspecified atom stereocenters. The highest BCUT2D eigenvalue weighted by molar-refractivity contribution is 6.03. The van der Waals surface area contributed by atoms with E-state index in [2.05, 4.69) is 5.32 Å². The second-order valence-corrected chi connectivity index (χ2v) is 7.29. The largest absolute Gasteiger partial charge is 0.493 e. The van der Waals surface area contributed by atoms with Crippen LogP contribution in [0.25, 0.3) is 0 Å². The molecule has 0 aliphatic carbocycles. The standard InChI is InChI=1S/C22H26N2O4/c1-14(2)11-18(24-13-15-7-5-6-8-17(15)22(24)26)21(25)23-16-9-10-19(27-3)20(12-16)28-4/h5-10,12,14,18H,11,13H2,1-4H3,(H,23,25)/t18-/m1/s1. The average Bonchev–Trinajstić information content (AvgIpc) is 3.02. The third-order valence-electron chi connectivity index (χ3n) is 4.87. The summed E-state index contributed by atoms with van der Waals surface area (Å²) in [7, 11) is 3.11. The molecule has 0 fully saturated rings. The van der Waals surface area contributed by atoms with Crippen molar-refractivity contribution in [1.29, 1.82) is 0 Å². The van der Waals surface area contributed by atoms with E-state index in [0.29, 0.717) is 35.7 Å². The van der Waals surface area contributed by atoms with Gasteiger partial charge in [-0.3, -0.25) is 9.59 Å². The number of nitrogens with zero attached hydrogens (tertiary/aromatic N) is 1. The van der Waals surface area contributed by atoms with E-state index in [0.717, 1.165) is 5.56 Å². The molecule has 0 bridgehead atoms. The van der Waals surface area contributed by atoms with E-state index in [1.165, 1.54) is 0 Å². The summed E-state index contributed by atoms with van der Waals surface area (Å²) in [6.45, 7) is 4.54.